The fraction of sp³-hybridized carbons (Fsp3) is 0.500. The lowest BCUT2D eigenvalue weighted by Crippen LogP contribution is -2.50. The molecular weight excluding hydrogens is 353 g/mol. The highest BCUT2D eigenvalue weighted by atomic mass is 32.2. The molecule has 1 unspecified atom stereocenters. The van der Waals surface area contributed by atoms with Gasteiger partial charge in [-0.3, -0.25) is 4.79 Å². The molecule has 6 nitrogen and oxygen atoms in total. The summed E-state index contributed by atoms with van der Waals surface area (Å²) in [6.07, 6.45) is 0. The van der Waals surface area contributed by atoms with Gasteiger partial charge in [-0.2, -0.15) is 0 Å². The number of amides is 1. The molecule has 3 rings (SSSR count). The maximum atomic E-state index is 13.1. The van der Waals surface area contributed by atoms with E-state index in [1.807, 2.05) is 23.4 Å². The molecule has 1 aromatic heterocycles. The molecule has 1 aromatic carbocycles. The number of hydrogen-bond acceptors (Lipinski definition) is 5. The summed E-state index contributed by atoms with van der Waals surface area (Å²) in [5.74, 6) is 0.508. The van der Waals surface area contributed by atoms with Gasteiger partial charge in [-0.15, -0.1) is 10.2 Å². The molecule has 2 aromatic rings. The van der Waals surface area contributed by atoms with Crippen molar-refractivity contribution < 1.29 is 9.18 Å². The molecule has 0 N–H and O–H groups in total. The van der Waals surface area contributed by atoms with Crippen LogP contribution in [0.2, 0.25) is 0 Å². The fourth-order valence-corrected chi connectivity index (χ4v) is 3.92. The zero-order chi connectivity index (χ0) is 18.7. The minimum atomic E-state index is -0.284. The van der Waals surface area contributed by atoms with E-state index < -0.39 is 0 Å². The number of carbonyl (C=O) groups is 1. The molecule has 26 heavy (non-hydrogen) atoms. The van der Waals surface area contributed by atoms with E-state index in [-0.39, 0.29) is 17.0 Å². The number of nitrogens with zero attached hydrogens (tertiary/aromatic N) is 5. The smallest absolute Gasteiger partial charge is 0.235 e. The molecule has 0 bridgehead atoms. The Morgan fingerprint density at radius 3 is 2.46 bits per heavy atom. The number of benzene rings is 1. The second-order valence-corrected chi connectivity index (χ2v) is 7.70. The van der Waals surface area contributed by atoms with Crippen LogP contribution in [0.25, 0.3) is 11.4 Å². The lowest BCUT2D eigenvalue weighted by Gasteiger charge is -2.35. The Hall–Kier alpha value is -1.93. The van der Waals surface area contributed by atoms with Crippen LogP contribution in [0.15, 0.2) is 29.4 Å². The number of likely N-dealkylation sites (N-methyl/N-ethyl adjacent to an activating group) is 1. The van der Waals surface area contributed by atoms with Crippen molar-refractivity contribution in [2.75, 3.05) is 32.7 Å². The Kier molecular flexibility index (Phi) is 5.93. The van der Waals surface area contributed by atoms with Gasteiger partial charge in [0.05, 0.1) is 5.25 Å². The molecule has 1 aliphatic heterocycles. The molecule has 140 valence electrons. The van der Waals surface area contributed by atoms with E-state index in [0.717, 1.165) is 38.3 Å². The number of thioether (sulfide) groups is 1. The van der Waals surface area contributed by atoms with Crippen molar-refractivity contribution in [2.24, 2.45) is 7.05 Å². The van der Waals surface area contributed by atoms with Gasteiger partial charge in [0.1, 0.15) is 5.82 Å². The van der Waals surface area contributed by atoms with Crippen molar-refractivity contribution in [3.8, 4) is 11.4 Å². The summed E-state index contributed by atoms with van der Waals surface area (Å²) in [6.45, 7) is 8.48. The predicted octanol–water partition coefficient (Wildman–Crippen LogP) is 2.27. The van der Waals surface area contributed by atoms with Crippen molar-refractivity contribution in [1.29, 1.82) is 0 Å². The van der Waals surface area contributed by atoms with Gasteiger partial charge in [-0.1, -0.05) is 18.7 Å². The van der Waals surface area contributed by atoms with E-state index in [9.17, 15) is 9.18 Å². The molecule has 0 aliphatic carbocycles. The first kappa shape index (κ1) is 18.8. The van der Waals surface area contributed by atoms with Crippen LogP contribution in [0.3, 0.4) is 0 Å². The normalized spacial score (nSPS) is 16.7. The molecule has 1 saturated heterocycles. The highest BCUT2D eigenvalue weighted by Crippen LogP contribution is 2.26. The third-order valence-electron chi connectivity index (χ3n) is 4.70. The Morgan fingerprint density at radius 2 is 1.85 bits per heavy atom. The zero-order valence-corrected chi connectivity index (χ0v) is 16.2. The second-order valence-electron chi connectivity index (χ2n) is 6.39. The van der Waals surface area contributed by atoms with Crippen LogP contribution in [0.4, 0.5) is 4.39 Å². The molecule has 1 amide bonds. The Balaban J connectivity index is 1.65. The number of rotatable bonds is 5. The molecule has 8 heteroatoms. The first-order valence-electron chi connectivity index (χ1n) is 8.82. The quantitative estimate of drug-likeness (QED) is 0.748. The van der Waals surface area contributed by atoms with Crippen molar-refractivity contribution in [3.05, 3.63) is 30.1 Å². The van der Waals surface area contributed by atoms with Crippen LogP contribution in [0.5, 0.6) is 0 Å². The highest BCUT2D eigenvalue weighted by molar-refractivity contribution is 8.00. The van der Waals surface area contributed by atoms with E-state index in [4.69, 9.17) is 0 Å². The highest BCUT2D eigenvalue weighted by Gasteiger charge is 2.26. The molecule has 0 spiro atoms. The summed E-state index contributed by atoms with van der Waals surface area (Å²) < 4.78 is 14.9. The van der Waals surface area contributed by atoms with Crippen molar-refractivity contribution in [1.82, 2.24) is 24.6 Å². The second kappa shape index (κ2) is 8.18. The average molecular weight is 377 g/mol. The SMILES string of the molecule is CCN1CCN(C(=O)C(C)Sc2nnc(-c3ccc(F)cc3)n2C)CC1. The van der Waals surface area contributed by atoms with Gasteiger partial charge in [-0.25, -0.2) is 4.39 Å². The number of piperazine rings is 1. The first-order chi connectivity index (χ1) is 12.5. The van der Waals surface area contributed by atoms with Crippen LogP contribution >= 0.6 is 11.8 Å². The summed E-state index contributed by atoms with van der Waals surface area (Å²) in [5, 5.41) is 8.86. The van der Waals surface area contributed by atoms with Gasteiger partial charge in [0.2, 0.25) is 5.91 Å². The summed E-state index contributed by atoms with van der Waals surface area (Å²) in [7, 11) is 1.86. The Bertz CT molecular complexity index is 755. The lowest BCUT2D eigenvalue weighted by atomic mass is 10.2. The number of carbonyl (C=O) groups excluding carboxylic acids is 1. The molecular formula is C18H24FN5OS. The fourth-order valence-electron chi connectivity index (χ4n) is 3.02. The third-order valence-corrected chi connectivity index (χ3v) is 5.82. The van der Waals surface area contributed by atoms with Gasteiger partial charge in [0.15, 0.2) is 11.0 Å². The Morgan fingerprint density at radius 1 is 1.19 bits per heavy atom. The third kappa shape index (κ3) is 4.07. The van der Waals surface area contributed by atoms with E-state index in [2.05, 4.69) is 22.0 Å². The van der Waals surface area contributed by atoms with Crippen LogP contribution < -0.4 is 0 Å². The zero-order valence-electron chi connectivity index (χ0n) is 15.4. The van der Waals surface area contributed by atoms with Crippen molar-refractivity contribution in [2.45, 2.75) is 24.3 Å². The van der Waals surface area contributed by atoms with E-state index in [0.29, 0.717) is 11.0 Å². The average Bonchev–Trinajstić information content (AvgIpc) is 3.02. The summed E-state index contributed by atoms with van der Waals surface area (Å²) in [6, 6.07) is 6.16. The van der Waals surface area contributed by atoms with E-state index in [1.165, 1.54) is 23.9 Å². The largest absolute Gasteiger partial charge is 0.339 e. The van der Waals surface area contributed by atoms with Crippen molar-refractivity contribution in [3.63, 3.8) is 0 Å². The Labute approximate surface area is 157 Å². The first-order valence-corrected chi connectivity index (χ1v) is 9.70. The number of aromatic nitrogens is 3. The summed E-state index contributed by atoms with van der Waals surface area (Å²) in [4.78, 5) is 17.0. The van der Waals surface area contributed by atoms with Gasteiger partial charge >= 0.3 is 0 Å². The number of halogens is 1. The minimum absolute atomic E-state index is 0.136. The predicted molar refractivity (Wildman–Crippen MR) is 100 cm³/mol. The molecule has 0 saturated carbocycles. The monoisotopic (exact) mass is 377 g/mol. The van der Waals surface area contributed by atoms with Crippen molar-refractivity contribution >= 4 is 17.7 Å². The maximum Gasteiger partial charge on any atom is 0.235 e. The van der Waals surface area contributed by atoms with Crippen LogP contribution in [0, 0.1) is 5.82 Å². The molecule has 1 fully saturated rings. The molecule has 0 radical (unpaired) electrons. The van der Waals surface area contributed by atoms with Gasteiger partial charge in [0, 0.05) is 38.8 Å². The standard InChI is InChI=1S/C18H24FN5OS/c1-4-23-9-11-24(12-10-23)17(25)13(2)26-18-21-20-16(22(18)3)14-5-7-15(19)8-6-14/h5-8,13H,4,9-12H2,1-3H3. The molecule has 2 heterocycles. The van der Waals surface area contributed by atoms with Gasteiger partial charge < -0.3 is 14.4 Å². The topological polar surface area (TPSA) is 54.3 Å². The number of hydrogen-bond donors (Lipinski definition) is 0. The van der Waals surface area contributed by atoms with Crippen LogP contribution in [-0.2, 0) is 11.8 Å². The van der Waals surface area contributed by atoms with Crippen LogP contribution in [-0.4, -0.2) is 68.4 Å². The van der Waals surface area contributed by atoms with E-state index in [1.54, 1.807) is 12.1 Å². The van der Waals surface area contributed by atoms with Crippen LogP contribution in [0.1, 0.15) is 13.8 Å². The maximum absolute atomic E-state index is 13.1. The van der Waals surface area contributed by atoms with Gasteiger partial charge in [-0.05, 0) is 37.7 Å². The minimum Gasteiger partial charge on any atom is -0.339 e. The summed E-state index contributed by atoms with van der Waals surface area (Å²) >= 11 is 1.41. The van der Waals surface area contributed by atoms with E-state index >= 15 is 0 Å². The molecule has 1 aliphatic rings. The van der Waals surface area contributed by atoms with Gasteiger partial charge in [0.25, 0.3) is 0 Å². The lowest BCUT2D eigenvalue weighted by molar-refractivity contribution is -0.132. The summed E-state index contributed by atoms with van der Waals surface area (Å²) in [5.41, 5.74) is 0.794. The molecule has 1 atom stereocenters.